The van der Waals surface area contributed by atoms with E-state index in [0.29, 0.717) is 0 Å². The zero-order valence-electron chi connectivity index (χ0n) is 3.24. The van der Waals surface area contributed by atoms with Crippen molar-refractivity contribution in [1.82, 2.24) is 0 Å². The van der Waals surface area contributed by atoms with E-state index in [0.717, 1.165) is 0 Å². The Balaban J connectivity index is -0.00000000167. The summed E-state index contributed by atoms with van der Waals surface area (Å²) in [5, 5.41) is 0. The fourth-order valence-electron chi connectivity index (χ4n) is 0. The molecular formula is H3CoNaO2. The molecule has 0 amide bonds. The van der Waals surface area contributed by atoms with Crippen LogP contribution in [-0.2, 0) is 19.5 Å². The normalized spacial score (nSPS) is 1.25. The van der Waals surface area contributed by atoms with Crippen LogP contribution >= 0.6 is 0 Å². The van der Waals surface area contributed by atoms with Gasteiger partial charge in [-0.25, -0.2) is 0 Å². The van der Waals surface area contributed by atoms with Gasteiger partial charge in [0, 0.05) is 0 Å². The summed E-state index contributed by atoms with van der Waals surface area (Å²) in [6, 6.07) is 0. The van der Waals surface area contributed by atoms with Crippen molar-refractivity contribution in [2.75, 3.05) is 0 Å². The Morgan fingerprint density at radius 2 is 1.50 bits per heavy atom. The van der Waals surface area contributed by atoms with Crippen LogP contribution in [0.25, 0.3) is 0 Å². The maximum absolute atomic E-state index is 7.94. The molecule has 0 fully saturated rings. The molecule has 0 aromatic carbocycles. The molecule has 0 atom stereocenters. The van der Waals surface area contributed by atoms with Crippen LogP contribution < -0.4 is 29.6 Å². The first-order valence-electron chi connectivity index (χ1n) is 0.136. The summed E-state index contributed by atoms with van der Waals surface area (Å²) in [6.07, 6.45) is 0. The Hall–Kier alpha value is 1.27. The molecule has 0 heterocycles. The van der Waals surface area contributed by atoms with E-state index in [9.17, 15) is 0 Å². The molecule has 4 heteroatoms. The van der Waals surface area contributed by atoms with Crippen molar-refractivity contribution in [3.05, 3.63) is 0 Å². The van der Waals surface area contributed by atoms with Gasteiger partial charge in [-0.05, 0) is 0 Å². The second kappa shape index (κ2) is 28.4. The molecule has 0 aliphatic heterocycles. The molecule has 0 aromatic rings. The third-order valence-electron chi connectivity index (χ3n) is 0. The predicted octanol–water partition coefficient (Wildman–Crippen LogP) is -3.83. The standard InChI is InChI=1S/Co.Na.H2O.O.H/h;;1H2;;/q;+1;;;-1. The molecule has 0 aromatic heterocycles. The van der Waals surface area contributed by atoms with E-state index in [-0.39, 0.29) is 36.5 Å². The SMILES string of the molecule is O.[H-].[Na+].[O]=[Co]. The van der Waals surface area contributed by atoms with E-state index in [1.165, 1.54) is 0 Å². The Labute approximate surface area is 55.8 Å². The molecule has 2 nitrogen and oxygen atoms in total. The second-order valence-electron chi connectivity index (χ2n) is 0. The van der Waals surface area contributed by atoms with Crippen molar-refractivity contribution >= 4 is 0 Å². The summed E-state index contributed by atoms with van der Waals surface area (Å²) in [5.74, 6) is 0. The van der Waals surface area contributed by atoms with Crippen LogP contribution in [0.5, 0.6) is 0 Å². The Morgan fingerprint density at radius 3 is 1.50 bits per heavy atom. The molecule has 0 bridgehead atoms. The first-order valence-corrected chi connectivity index (χ1v) is 0.561. The van der Waals surface area contributed by atoms with Crippen molar-refractivity contribution in [3.8, 4) is 0 Å². The first-order chi connectivity index (χ1) is 1.00. The van der Waals surface area contributed by atoms with Crippen LogP contribution in [0, 0.1) is 0 Å². The summed E-state index contributed by atoms with van der Waals surface area (Å²) in [4.78, 5) is 0. The van der Waals surface area contributed by atoms with Crippen molar-refractivity contribution in [2.24, 2.45) is 0 Å². The fourth-order valence-corrected chi connectivity index (χ4v) is 0. The van der Waals surface area contributed by atoms with Gasteiger partial charge in [-0.3, -0.25) is 0 Å². The minimum absolute atomic E-state index is 0. The number of hydrogen-bond acceptors (Lipinski definition) is 1. The minimum atomic E-state index is 0. The van der Waals surface area contributed by atoms with Gasteiger partial charge in [0.1, 0.15) is 0 Å². The maximum atomic E-state index is 7.94. The van der Waals surface area contributed by atoms with Gasteiger partial charge in [0.15, 0.2) is 0 Å². The van der Waals surface area contributed by atoms with Gasteiger partial charge in [0.05, 0.1) is 0 Å². The van der Waals surface area contributed by atoms with Crippen LogP contribution in [0.15, 0.2) is 0 Å². The van der Waals surface area contributed by atoms with Crippen LogP contribution in [0.3, 0.4) is 0 Å². The van der Waals surface area contributed by atoms with Crippen molar-refractivity contribution in [2.45, 2.75) is 0 Å². The second-order valence-corrected chi connectivity index (χ2v) is 0. The Kier molecular flexibility index (Phi) is 132. The fraction of sp³-hybridized carbons (Fsp3) is 0. The average Bonchev–Trinajstić information content (AvgIpc) is 1.00. The van der Waals surface area contributed by atoms with Gasteiger partial charge in [0.25, 0.3) is 0 Å². The molecular weight excluding hydrogens is 114 g/mol. The first kappa shape index (κ1) is 18.7. The molecule has 0 unspecified atom stereocenters. The molecule has 0 saturated carbocycles. The third kappa shape index (κ3) is 10.5. The van der Waals surface area contributed by atoms with Gasteiger partial charge < -0.3 is 6.90 Å². The van der Waals surface area contributed by atoms with E-state index in [2.05, 4.69) is 15.7 Å². The molecule has 25 valence electrons. The predicted molar refractivity (Wildman–Crippen MR) is 5.41 cm³/mol. The van der Waals surface area contributed by atoms with Gasteiger partial charge >= 0.3 is 49.1 Å². The van der Waals surface area contributed by atoms with Crippen molar-refractivity contribution < 1.29 is 56.0 Å². The molecule has 0 saturated heterocycles. The summed E-state index contributed by atoms with van der Waals surface area (Å²) in [7, 11) is 0. The van der Waals surface area contributed by atoms with E-state index in [1.807, 2.05) is 0 Å². The van der Waals surface area contributed by atoms with Crippen LogP contribution in [-0.4, -0.2) is 5.48 Å². The van der Waals surface area contributed by atoms with E-state index < -0.39 is 0 Å². The Bertz CT molecular complexity index is 9.61. The van der Waals surface area contributed by atoms with E-state index >= 15 is 0 Å². The Morgan fingerprint density at radius 1 is 1.50 bits per heavy atom. The van der Waals surface area contributed by atoms with E-state index in [4.69, 9.17) is 3.87 Å². The zero-order chi connectivity index (χ0) is 2.00. The molecule has 4 heavy (non-hydrogen) atoms. The quantitative estimate of drug-likeness (QED) is 0.300. The number of hydrogen-bond donors (Lipinski definition) is 0. The molecule has 2 N–H and O–H groups in total. The molecule has 0 aliphatic rings. The van der Waals surface area contributed by atoms with Gasteiger partial charge in [-0.15, -0.1) is 0 Å². The van der Waals surface area contributed by atoms with Gasteiger partial charge in [-0.1, -0.05) is 0 Å². The van der Waals surface area contributed by atoms with Crippen LogP contribution in [0.1, 0.15) is 1.43 Å². The van der Waals surface area contributed by atoms with Gasteiger partial charge in [0.2, 0.25) is 0 Å². The average molecular weight is 117 g/mol. The summed E-state index contributed by atoms with van der Waals surface area (Å²) in [6.45, 7) is 0. The topological polar surface area (TPSA) is 48.6 Å². The third-order valence-corrected chi connectivity index (χ3v) is 0. The molecule has 0 rings (SSSR count). The molecule has 0 spiro atoms. The monoisotopic (exact) mass is 117 g/mol. The summed E-state index contributed by atoms with van der Waals surface area (Å²) in [5.41, 5.74) is 0. The summed E-state index contributed by atoms with van der Waals surface area (Å²) < 4.78 is 7.94. The molecule has 0 aliphatic carbocycles. The van der Waals surface area contributed by atoms with Crippen LogP contribution in [0.4, 0.5) is 0 Å². The molecule has 0 radical (unpaired) electrons. The van der Waals surface area contributed by atoms with Crippen molar-refractivity contribution in [1.29, 1.82) is 0 Å². The van der Waals surface area contributed by atoms with Crippen molar-refractivity contribution in [3.63, 3.8) is 0 Å². The number of rotatable bonds is 0. The summed E-state index contributed by atoms with van der Waals surface area (Å²) >= 11 is 2.31. The zero-order valence-corrected chi connectivity index (χ0v) is 5.28. The van der Waals surface area contributed by atoms with Crippen LogP contribution in [0.2, 0.25) is 0 Å². The van der Waals surface area contributed by atoms with Gasteiger partial charge in [-0.2, -0.15) is 0 Å². The van der Waals surface area contributed by atoms with E-state index in [1.54, 1.807) is 0 Å².